The predicted molar refractivity (Wildman–Crippen MR) is 91.2 cm³/mol. The first-order valence-electron chi connectivity index (χ1n) is 0.908. The van der Waals surface area contributed by atoms with Gasteiger partial charge in [0.05, 0.1) is 10.3 Å². The van der Waals surface area contributed by atoms with Crippen molar-refractivity contribution in [2.24, 2.45) is 0 Å². The van der Waals surface area contributed by atoms with E-state index in [1.165, 1.54) is 0 Å². The highest BCUT2D eigenvalue weighted by Gasteiger charge is 0.978. The highest BCUT2D eigenvalue weighted by molar-refractivity contribution is 7.78. The predicted octanol–water partition coefficient (Wildman–Crippen LogP) is 7.06. The normalized spacial score (nSPS) is 1.07. The molecule has 0 atom stereocenters. The maximum atomic E-state index is 5.77. The SMILES string of the molecule is C.C.C.C.C.C.C.C.C.N=C=S.N=C=S. The van der Waals surface area contributed by atoms with Gasteiger partial charge in [-0.3, -0.25) is 0 Å². The van der Waals surface area contributed by atoms with Gasteiger partial charge in [0.15, 0.2) is 0 Å². The van der Waals surface area contributed by atoms with E-state index in [2.05, 4.69) is 24.4 Å². The van der Waals surface area contributed by atoms with Crippen LogP contribution < -0.4 is 0 Å². The third kappa shape index (κ3) is 11400. The van der Waals surface area contributed by atoms with Gasteiger partial charge in [-0.2, -0.15) is 0 Å². The highest BCUT2D eigenvalue weighted by Crippen LogP contribution is 1.16. The molecule has 0 bridgehead atoms. The lowest BCUT2D eigenvalue weighted by Crippen LogP contribution is -1.03. The van der Waals surface area contributed by atoms with Gasteiger partial charge in [0.2, 0.25) is 0 Å². The average molecular weight is 263 g/mol. The molecule has 0 aromatic carbocycles. The molecule has 2 N–H and O–H groups in total. The minimum absolute atomic E-state index is 0. The molecule has 0 aliphatic carbocycles. The first-order valence-corrected chi connectivity index (χ1v) is 1.72. The summed E-state index contributed by atoms with van der Waals surface area (Å²) in [5, 5.41) is 14.7. The Bertz CT molecular complexity index is 70.6. The molecule has 0 aliphatic rings. The van der Waals surface area contributed by atoms with Gasteiger partial charge in [-0.1, -0.05) is 66.8 Å². The zero-order chi connectivity index (χ0) is 5.41. The van der Waals surface area contributed by atoms with E-state index in [0.717, 1.165) is 0 Å². The fourth-order valence-electron chi connectivity index (χ4n) is 0. The van der Waals surface area contributed by atoms with Gasteiger partial charge < -0.3 is 0 Å². The largest absolute Gasteiger partial charge is 0.248 e. The summed E-state index contributed by atoms with van der Waals surface area (Å²) in [5.41, 5.74) is 0. The van der Waals surface area contributed by atoms with Crippen LogP contribution in [-0.4, -0.2) is 10.3 Å². The van der Waals surface area contributed by atoms with Gasteiger partial charge in [0.1, 0.15) is 0 Å². The van der Waals surface area contributed by atoms with Crippen molar-refractivity contribution in [2.45, 2.75) is 66.8 Å². The van der Waals surface area contributed by atoms with E-state index >= 15 is 0 Å². The number of thiocarbonyl (C=S) groups is 2. The lowest BCUT2D eigenvalue weighted by Gasteiger charge is -1.05. The van der Waals surface area contributed by atoms with E-state index in [9.17, 15) is 0 Å². The first-order chi connectivity index (χ1) is 2.83. The van der Waals surface area contributed by atoms with Gasteiger partial charge in [-0.05, 0) is 24.4 Å². The van der Waals surface area contributed by atoms with Crippen molar-refractivity contribution in [1.82, 2.24) is 0 Å². The minimum atomic E-state index is 0. The zero-order valence-electron chi connectivity index (χ0n) is 2.82. The lowest BCUT2D eigenvalue weighted by atomic mass is 11.8. The van der Waals surface area contributed by atoms with Crippen LogP contribution in [0.15, 0.2) is 0 Å². The molecule has 0 rings (SSSR count). The standard InChI is InChI=1S/2CHNS.9CH4/c2*2-1-3;;;;;;;;;/h2*2H;9*1H4. The van der Waals surface area contributed by atoms with Gasteiger partial charge in [-0.25, -0.2) is 10.8 Å². The van der Waals surface area contributed by atoms with Crippen LogP contribution in [0.4, 0.5) is 0 Å². The molecule has 104 valence electrons. The fraction of sp³-hybridized carbons (Fsp3) is 0.818. The van der Waals surface area contributed by atoms with E-state index in [1.54, 1.807) is 10.3 Å². The van der Waals surface area contributed by atoms with Crippen LogP contribution >= 0.6 is 24.4 Å². The van der Waals surface area contributed by atoms with Crippen LogP contribution in [0.5, 0.6) is 0 Å². The average Bonchev–Trinajstić information content (AvgIpc) is 1.39. The van der Waals surface area contributed by atoms with E-state index in [1.807, 2.05) is 0 Å². The molecular formula is C11H38N2S2. The molecule has 0 saturated carbocycles. The molecule has 0 spiro atoms. The Hall–Kier alpha value is -0.400. The summed E-state index contributed by atoms with van der Waals surface area (Å²) in [7, 11) is 0. The maximum Gasteiger partial charge on any atom is 0.0554 e. The smallest absolute Gasteiger partial charge is 0.0554 e. The van der Waals surface area contributed by atoms with Gasteiger partial charge in [0, 0.05) is 0 Å². The molecule has 0 fully saturated rings. The topological polar surface area (TPSA) is 47.7 Å². The summed E-state index contributed by atoms with van der Waals surface area (Å²) >= 11 is 7.62. The third-order valence-corrected chi connectivity index (χ3v) is 0. The molecule has 0 aromatic rings. The summed E-state index contributed by atoms with van der Waals surface area (Å²) in [4.78, 5) is 0. The Morgan fingerprint density at radius 3 is 0.467 bits per heavy atom. The van der Waals surface area contributed by atoms with Gasteiger partial charge >= 0.3 is 0 Å². The Morgan fingerprint density at radius 2 is 0.467 bits per heavy atom. The number of rotatable bonds is 0. The lowest BCUT2D eigenvalue weighted by molar-refractivity contribution is 1.61. The number of hydrogen-bond acceptors (Lipinski definition) is 4. The van der Waals surface area contributed by atoms with E-state index < -0.39 is 0 Å². The number of isothiocyanates is 2. The summed E-state index contributed by atoms with van der Waals surface area (Å²) in [6.45, 7) is 0. The Balaban J connectivity index is -0.00000000148. The Labute approximate surface area is 113 Å². The Kier molecular flexibility index (Phi) is 11700. The fourth-order valence-corrected chi connectivity index (χ4v) is 0. The van der Waals surface area contributed by atoms with Crippen LogP contribution in [0.2, 0.25) is 0 Å². The van der Waals surface area contributed by atoms with Crippen molar-refractivity contribution in [1.29, 1.82) is 10.8 Å². The van der Waals surface area contributed by atoms with Crippen LogP contribution in [0.25, 0.3) is 0 Å². The molecule has 0 amide bonds. The summed E-state index contributed by atoms with van der Waals surface area (Å²) in [5.74, 6) is 0. The van der Waals surface area contributed by atoms with E-state index in [0.29, 0.717) is 0 Å². The van der Waals surface area contributed by atoms with Crippen molar-refractivity contribution in [3.63, 3.8) is 0 Å². The molecule has 2 nitrogen and oxygen atoms in total. The summed E-state index contributed by atoms with van der Waals surface area (Å²) < 4.78 is 0. The molecule has 0 heterocycles. The molecule has 15 heavy (non-hydrogen) atoms. The van der Waals surface area contributed by atoms with Crippen molar-refractivity contribution >= 4 is 34.8 Å². The van der Waals surface area contributed by atoms with E-state index in [-0.39, 0.29) is 66.8 Å². The van der Waals surface area contributed by atoms with Crippen LogP contribution in [0.1, 0.15) is 66.8 Å². The second-order valence-corrected chi connectivity index (χ2v) is 0.612. The highest BCUT2D eigenvalue weighted by atomic mass is 32.1. The number of nitrogens with one attached hydrogen (secondary N) is 2. The van der Waals surface area contributed by atoms with Crippen molar-refractivity contribution in [3.05, 3.63) is 0 Å². The van der Waals surface area contributed by atoms with Crippen molar-refractivity contribution in [2.75, 3.05) is 0 Å². The molecule has 4 heteroatoms. The second kappa shape index (κ2) is 843. The number of hydrogen-bond donors (Lipinski definition) is 2. The first kappa shape index (κ1) is 208. The molecular weight excluding hydrogens is 224 g/mol. The molecule has 0 aliphatic heterocycles. The quantitative estimate of drug-likeness (QED) is 0.362. The molecule has 0 radical (unpaired) electrons. The van der Waals surface area contributed by atoms with Crippen LogP contribution in [-0.2, 0) is 0 Å². The maximum absolute atomic E-state index is 5.77. The third-order valence-electron chi connectivity index (χ3n) is 0. The Morgan fingerprint density at radius 1 is 0.467 bits per heavy atom. The molecule has 0 aromatic heterocycles. The molecule has 0 unspecified atom stereocenters. The van der Waals surface area contributed by atoms with E-state index in [4.69, 9.17) is 10.8 Å². The van der Waals surface area contributed by atoms with Crippen LogP contribution in [0, 0.1) is 10.8 Å². The van der Waals surface area contributed by atoms with Crippen LogP contribution in [0.3, 0.4) is 0 Å². The second-order valence-electron chi connectivity index (χ2n) is 0.204. The van der Waals surface area contributed by atoms with Gasteiger partial charge in [0.25, 0.3) is 0 Å². The van der Waals surface area contributed by atoms with Crippen molar-refractivity contribution < 1.29 is 0 Å². The zero-order valence-corrected chi connectivity index (χ0v) is 4.45. The van der Waals surface area contributed by atoms with Crippen molar-refractivity contribution in [3.8, 4) is 0 Å². The minimum Gasteiger partial charge on any atom is -0.248 e. The summed E-state index contributed by atoms with van der Waals surface area (Å²) in [6.07, 6.45) is 0. The van der Waals surface area contributed by atoms with Gasteiger partial charge in [-0.15, -0.1) is 0 Å². The monoisotopic (exact) mass is 262 g/mol. The molecule has 0 saturated heterocycles. The summed E-state index contributed by atoms with van der Waals surface area (Å²) in [6, 6.07) is 0.